The minimum Gasteiger partial charge on any atom is -0.373 e. The molecule has 1 aromatic rings. The molecule has 0 amide bonds. The number of hydrogen-bond acceptors (Lipinski definition) is 3. The molecule has 1 atom stereocenters. The fourth-order valence-corrected chi connectivity index (χ4v) is 3.96. The fraction of sp³-hybridized carbons (Fsp3) is 0.500. The number of piperidine rings is 1. The van der Waals surface area contributed by atoms with E-state index in [4.69, 9.17) is 4.74 Å². The van der Waals surface area contributed by atoms with Gasteiger partial charge in [-0.05, 0) is 49.4 Å². The van der Waals surface area contributed by atoms with Crippen LogP contribution in [0.3, 0.4) is 0 Å². The summed E-state index contributed by atoms with van der Waals surface area (Å²) < 4.78 is 6.18. The van der Waals surface area contributed by atoms with Gasteiger partial charge in [0, 0.05) is 12.0 Å². The van der Waals surface area contributed by atoms with Crippen LogP contribution < -0.4 is 5.32 Å². The summed E-state index contributed by atoms with van der Waals surface area (Å²) in [5, 5.41) is 3.41. The number of carbonyl (C=O) groups excluding carboxylic acids is 1. The molecule has 0 aromatic heterocycles. The van der Waals surface area contributed by atoms with Gasteiger partial charge in [-0.15, -0.1) is 0 Å². The maximum Gasteiger partial charge on any atom is 0.167 e. The maximum absolute atomic E-state index is 12.3. The average Bonchev–Trinajstić information content (AvgIpc) is 2.55. The van der Waals surface area contributed by atoms with E-state index >= 15 is 0 Å². The van der Waals surface area contributed by atoms with E-state index in [0.717, 1.165) is 30.6 Å². The van der Waals surface area contributed by atoms with Crippen molar-refractivity contribution in [1.82, 2.24) is 5.32 Å². The minimum atomic E-state index is 0.273. The molecule has 110 valence electrons. The second kappa shape index (κ2) is 5.39. The van der Waals surface area contributed by atoms with E-state index in [1.54, 1.807) is 0 Å². The Bertz CT molecular complexity index is 599. The predicted molar refractivity (Wildman–Crippen MR) is 82.3 cm³/mol. The number of benzene rings is 1. The van der Waals surface area contributed by atoms with Gasteiger partial charge in [0.25, 0.3) is 0 Å². The molecule has 2 aliphatic heterocycles. The first-order chi connectivity index (χ1) is 10.3. The lowest BCUT2D eigenvalue weighted by molar-refractivity contribution is 0.0135. The summed E-state index contributed by atoms with van der Waals surface area (Å²) in [4.78, 5) is 12.3. The van der Waals surface area contributed by atoms with Crippen LogP contribution in [0.1, 0.15) is 41.6 Å². The van der Waals surface area contributed by atoms with Crippen LogP contribution in [-0.2, 0) is 4.74 Å². The van der Waals surface area contributed by atoms with Crippen LogP contribution in [0.5, 0.6) is 0 Å². The molecule has 21 heavy (non-hydrogen) atoms. The quantitative estimate of drug-likeness (QED) is 0.861. The summed E-state index contributed by atoms with van der Waals surface area (Å²) in [7, 11) is 0. The number of Topliss-reactive ketones (excluding diaryl/α,β-unsaturated/α-hetero) is 1. The van der Waals surface area contributed by atoms with E-state index < -0.39 is 0 Å². The van der Waals surface area contributed by atoms with Crippen LogP contribution >= 0.6 is 0 Å². The number of fused-ring (bicyclic) bond motifs is 2. The lowest BCUT2D eigenvalue weighted by Gasteiger charge is -2.37. The van der Waals surface area contributed by atoms with Crippen molar-refractivity contribution in [3.05, 3.63) is 41.0 Å². The van der Waals surface area contributed by atoms with Crippen LogP contribution in [-0.4, -0.2) is 31.6 Å². The maximum atomic E-state index is 12.3. The smallest absolute Gasteiger partial charge is 0.167 e. The number of ether oxygens (including phenoxy) is 1. The number of nitrogens with one attached hydrogen (secondary N) is 1. The second-order valence-corrected chi connectivity index (χ2v) is 6.37. The zero-order chi connectivity index (χ0) is 14.2. The molecule has 1 aliphatic carbocycles. The lowest BCUT2D eigenvalue weighted by Crippen LogP contribution is -2.38. The summed E-state index contributed by atoms with van der Waals surface area (Å²) in [5.41, 5.74) is 4.58. The molecule has 1 saturated heterocycles. The first-order valence-electron chi connectivity index (χ1n) is 7.99. The number of ketones is 1. The molecule has 0 bridgehead atoms. The first kappa shape index (κ1) is 13.2. The van der Waals surface area contributed by atoms with E-state index in [9.17, 15) is 4.79 Å². The molecule has 1 unspecified atom stereocenters. The SMILES string of the molecule is O=C1CC2=C(COC(C3CCNCC3)C2)c2ccccc21. The second-order valence-electron chi connectivity index (χ2n) is 6.37. The van der Waals surface area contributed by atoms with Crippen molar-refractivity contribution in [1.29, 1.82) is 0 Å². The highest BCUT2D eigenvalue weighted by Gasteiger charge is 2.33. The van der Waals surface area contributed by atoms with E-state index in [-0.39, 0.29) is 5.78 Å². The zero-order valence-electron chi connectivity index (χ0n) is 12.2. The Morgan fingerprint density at radius 2 is 1.86 bits per heavy atom. The highest BCUT2D eigenvalue weighted by Crippen LogP contribution is 2.39. The first-order valence-corrected chi connectivity index (χ1v) is 7.99. The van der Waals surface area contributed by atoms with Crippen LogP contribution in [0.15, 0.2) is 29.8 Å². The highest BCUT2D eigenvalue weighted by atomic mass is 16.5. The molecular weight excluding hydrogens is 262 g/mol. The molecule has 3 heteroatoms. The molecular formula is C18H21NO2. The molecule has 3 aliphatic rings. The summed E-state index contributed by atoms with van der Waals surface area (Å²) >= 11 is 0. The van der Waals surface area contributed by atoms with Gasteiger partial charge in [0.2, 0.25) is 0 Å². The van der Waals surface area contributed by atoms with E-state index in [0.29, 0.717) is 25.0 Å². The number of rotatable bonds is 1. The Morgan fingerprint density at radius 3 is 2.67 bits per heavy atom. The zero-order valence-corrected chi connectivity index (χ0v) is 12.2. The van der Waals surface area contributed by atoms with Gasteiger partial charge >= 0.3 is 0 Å². The Hall–Kier alpha value is -1.45. The van der Waals surface area contributed by atoms with Gasteiger partial charge in [0.05, 0.1) is 12.7 Å². The third kappa shape index (κ3) is 2.34. The monoisotopic (exact) mass is 283 g/mol. The fourth-order valence-electron chi connectivity index (χ4n) is 3.96. The van der Waals surface area contributed by atoms with Gasteiger partial charge in [-0.25, -0.2) is 0 Å². The van der Waals surface area contributed by atoms with E-state index in [1.165, 1.54) is 24.0 Å². The lowest BCUT2D eigenvalue weighted by atomic mass is 9.78. The van der Waals surface area contributed by atoms with Gasteiger partial charge in [-0.3, -0.25) is 4.79 Å². The van der Waals surface area contributed by atoms with Crippen LogP contribution in [0.2, 0.25) is 0 Å². The van der Waals surface area contributed by atoms with Gasteiger partial charge in [-0.1, -0.05) is 29.8 Å². The summed E-state index contributed by atoms with van der Waals surface area (Å²) in [6.45, 7) is 2.87. The van der Waals surface area contributed by atoms with Gasteiger partial charge in [0.1, 0.15) is 0 Å². The van der Waals surface area contributed by atoms with Gasteiger partial charge < -0.3 is 10.1 Å². The normalized spacial score (nSPS) is 26.5. The molecule has 3 nitrogen and oxygen atoms in total. The largest absolute Gasteiger partial charge is 0.373 e. The average molecular weight is 283 g/mol. The summed E-state index contributed by atoms with van der Waals surface area (Å²) in [5.74, 6) is 0.919. The molecule has 4 rings (SSSR count). The van der Waals surface area contributed by atoms with Crippen molar-refractivity contribution in [3.63, 3.8) is 0 Å². The van der Waals surface area contributed by atoms with Gasteiger partial charge in [0.15, 0.2) is 5.78 Å². The van der Waals surface area contributed by atoms with E-state index in [2.05, 4.69) is 11.4 Å². The summed E-state index contributed by atoms with van der Waals surface area (Å²) in [6, 6.07) is 7.97. The van der Waals surface area contributed by atoms with Gasteiger partial charge in [-0.2, -0.15) is 0 Å². The van der Waals surface area contributed by atoms with Crippen molar-refractivity contribution >= 4 is 11.4 Å². The Kier molecular flexibility index (Phi) is 3.40. The Morgan fingerprint density at radius 1 is 1.10 bits per heavy atom. The topological polar surface area (TPSA) is 38.3 Å². The van der Waals surface area contributed by atoms with Crippen LogP contribution in [0, 0.1) is 5.92 Å². The van der Waals surface area contributed by atoms with Crippen molar-refractivity contribution in [2.45, 2.75) is 31.8 Å². The third-order valence-corrected chi connectivity index (χ3v) is 5.15. The summed E-state index contributed by atoms with van der Waals surface area (Å²) in [6.07, 6.45) is 4.23. The van der Waals surface area contributed by atoms with Crippen LogP contribution in [0.25, 0.3) is 5.57 Å². The van der Waals surface area contributed by atoms with Crippen molar-refractivity contribution < 1.29 is 9.53 Å². The van der Waals surface area contributed by atoms with Crippen LogP contribution in [0.4, 0.5) is 0 Å². The van der Waals surface area contributed by atoms with E-state index in [1.807, 2.05) is 18.2 Å². The molecule has 0 saturated carbocycles. The molecule has 2 heterocycles. The number of carbonyl (C=O) groups is 1. The minimum absolute atomic E-state index is 0.273. The standard InChI is InChI=1S/C18H21NO2/c20-17-9-13-10-18(12-5-7-19-8-6-12)21-11-16(13)14-3-1-2-4-15(14)17/h1-4,12,18-19H,5-11H2. The molecule has 1 N–H and O–H groups in total. The third-order valence-electron chi connectivity index (χ3n) is 5.15. The Balaban J connectivity index is 1.62. The predicted octanol–water partition coefficient (Wildman–Crippen LogP) is 2.82. The molecule has 0 spiro atoms. The number of hydrogen-bond donors (Lipinski definition) is 1. The van der Waals surface area contributed by atoms with Crippen molar-refractivity contribution in [2.24, 2.45) is 5.92 Å². The van der Waals surface area contributed by atoms with Crippen molar-refractivity contribution in [3.8, 4) is 0 Å². The van der Waals surface area contributed by atoms with Crippen molar-refractivity contribution in [2.75, 3.05) is 19.7 Å². The highest BCUT2D eigenvalue weighted by molar-refractivity contribution is 6.06. The molecule has 0 radical (unpaired) electrons. The Labute approximate surface area is 125 Å². The molecule has 1 aromatic carbocycles. The molecule has 1 fully saturated rings.